The van der Waals surface area contributed by atoms with Gasteiger partial charge in [-0.15, -0.1) is 0 Å². The second kappa shape index (κ2) is 5.39. The molecule has 1 unspecified atom stereocenters. The number of carbonyl (C=O) groups excluding carboxylic acids is 1. The van der Waals surface area contributed by atoms with Crippen LogP contribution in [0.2, 0.25) is 0 Å². The van der Waals surface area contributed by atoms with Crippen LogP contribution in [0.3, 0.4) is 0 Å². The molecular formula is C9H10O6S2. The van der Waals surface area contributed by atoms with E-state index in [9.17, 15) is 17.4 Å². The van der Waals surface area contributed by atoms with Gasteiger partial charge in [0.2, 0.25) is 0 Å². The molecule has 6 nitrogen and oxygen atoms in total. The maximum Gasteiger partial charge on any atom is 0.326 e. The molecule has 0 aromatic heterocycles. The molecule has 0 radical (unpaired) electrons. The summed E-state index contributed by atoms with van der Waals surface area (Å²) in [5.41, 5.74) is 0. The summed E-state index contributed by atoms with van der Waals surface area (Å²) in [4.78, 5) is 11.1. The van der Waals surface area contributed by atoms with Crippen molar-refractivity contribution in [3.05, 3.63) is 24.3 Å². The fourth-order valence-corrected chi connectivity index (χ4v) is 1.91. The van der Waals surface area contributed by atoms with E-state index < -0.39 is 32.6 Å². The van der Waals surface area contributed by atoms with Crippen LogP contribution in [0.15, 0.2) is 29.2 Å². The van der Waals surface area contributed by atoms with E-state index in [0.29, 0.717) is 0 Å². The van der Waals surface area contributed by atoms with Crippen molar-refractivity contribution >= 4 is 26.9 Å². The molecule has 0 saturated heterocycles. The largest absolute Gasteiger partial charge is 0.426 e. The zero-order chi connectivity index (χ0) is 13.1. The Hall–Kier alpha value is -1.25. The van der Waals surface area contributed by atoms with Crippen molar-refractivity contribution in [3.63, 3.8) is 0 Å². The monoisotopic (exact) mass is 278 g/mol. The van der Waals surface area contributed by atoms with Crippen LogP contribution >= 0.6 is 0 Å². The molecule has 94 valence electrons. The number of sulfone groups is 1. The number of ether oxygens (including phenoxy) is 1. The van der Waals surface area contributed by atoms with Crippen molar-refractivity contribution in [2.75, 3.05) is 12.0 Å². The number of hydrogen-bond donors (Lipinski definition) is 1. The number of carbonyl (C=O) groups is 1. The molecule has 8 heteroatoms. The molecule has 1 aromatic rings. The maximum absolute atomic E-state index is 11.1. The van der Waals surface area contributed by atoms with Crippen LogP contribution < -0.4 is 4.74 Å². The molecule has 1 N–H and O–H groups in total. The highest BCUT2D eigenvalue weighted by molar-refractivity contribution is 7.90. The summed E-state index contributed by atoms with van der Waals surface area (Å²) in [6, 6.07) is 5.17. The third-order valence-corrected chi connectivity index (χ3v) is 3.34. The van der Waals surface area contributed by atoms with Crippen molar-refractivity contribution in [2.45, 2.75) is 4.90 Å². The fraction of sp³-hybridized carbons (Fsp3) is 0.222. The van der Waals surface area contributed by atoms with Gasteiger partial charge in [0.05, 0.1) is 4.90 Å². The van der Waals surface area contributed by atoms with E-state index in [1.165, 1.54) is 24.3 Å². The van der Waals surface area contributed by atoms with Crippen molar-refractivity contribution in [3.8, 4) is 5.75 Å². The molecule has 0 aliphatic rings. The Morgan fingerprint density at radius 3 is 2.29 bits per heavy atom. The Balaban J connectivity index is 2.76. The summed E-state index contributed by atoms with van der Waals surface area (Å²) in [5.74, 6) is -1.38. The van der Waals surface area contributed by atoms with Crippen LogP contribution in [0.5, 0.6) is 5.75 Å². The van der Waals surface area contributed by atoms with Crippen molar-refractivity contribution in [2.24, 2.45) is 0 Å². The zero-order valence-corrected chi connectivity index (χ0v) is 10.5. The Labute approximate surface area is 101 Å². The lowest BCUT2D eigenvalue weighted by molar-refractivity contribution is -0.131. The Bertz CT molecular complexity index is 531. The highest BCUT2D eigenvalue weighted by atomic mass is 32.2. The average molecular weight is 278 g/mol. The second-order valence-electron chi connectivity index (χ2n) is 3.18. The standard InChI is InChI=1S/C9H10O6S2/c1-17(13,14)8-4-2-7(3-5-8)15-9(10)6-16(11)12/h2-5H,6H2,1H3,(H,11,12). The van der Waals surface area contributed by atoms with E-state index in [1.54, 1.807) is 0 Å². The van der Waals surface area contributed by atoms with Crippen molar-refractivity contribution in [1.29, 1.82) is 0 Å². The van der Waals surface area contributed by atoms with Crippen LogP contribution in [-0.2, 0) is 25.7 Å². The molecule has 0 aliphatic heterocycles. The predicted molar refractivity (Wildman–Crippen MR) is 60.8 cm³/mol. The predicted octanol–water partition coefficient (Wildman–Crippen LogP) is 0.217. The van der Waals surface area contributed by atoms with Crippen LogP contribution in [-0.4, -0.2) is 35.2 Å². The molecule has 1 atom stereocenters. The van der Waals surface area contributed by atoms with E-state index >= 15 is 0 Å². The van der Waals surface area contributed by atoms with Gasteiger partial charge in [-0.1, -0.05) is 0 Å². The summed E-state index contributed by atoms with van der Waals surface area (Å²) >= 11 is -2.26. The van der Waals surface area contributed by atoms with Crippen LogP contribution in [0, 0.1) is 0 Å². The van der Waals surface area contributed by atoms with E-state index in [4.69, 9.17) is 9.29 Å². The molecule has 1 aromatic carbocycles. The van der Waals surface area contributed by atoms with Gasteiger partial charge in [0, 0.05) is 6.26 Å². The molecule has 0 aliphatic carbocycles. The number of hydrogen-bond acceptors (Lipinski definition) is 5. The number of benzene rings is 1. The van der Waals surface area contributed by atoms with Gasteiger partial charge >= 0.3 is 5.97 Å². The van der Waals surface area contributed by atoms with Crippen LogP contribution in [0.1, 0.15) is 0 Å². The van der Waals surface area contributed by atoms with E-state index in [-0.39, 0.29) is 10.6 Å². The lowest BCUT2D eigenvalue weighted by atomic mass is 10.3. The summed E-state index contributed by atoms with van der Waals surface area (Å²) in [5, 5.41) is 0. The summed E-state index contributed by atoms with van der Waals surface area (Å²) in [6.07, 6.45) is 1.06. The minimum absolute atomic E-state index is 0.100. The maximum atomic E-state index is 11.1. The summed E-state index contributed by atoms with van der Waals surface area (Å²) < 4.78 is 45.7. The van der Waals surface area contributed by atoms with E-state index in [2.05, 4.69) is 0 Å². The first-order valence-electron chi connectivity index (χ1n) is 4.37. The average Bonchev–Trinajstić information content (AvgIpc) is 2.15. The first-order chi connectivity index (χ1) is 7.79. The van der Waals surface area contributed by atoms with Gasteiger partial charge in [-0.25, -0.2) is 12.6 Å². The molecule has 0 heterocycles. The molecule has 0 amide bonds. The van der Waals surface area contributed by atoms with Crippen molar-refractivity contribution < 1.29 is 26.7 Å². The van der Waals surface area contributed by atoms with Gasteiger partial charge in [0.25, 0.3) is 0 Å². The Morgan fingerprint density at radius 1 is 1.35 bits per heavy atom. The Morgan fingerprint density at radius 2 is 1.88 bits per heavy atom. The van der Waals surface area contributed by atoms with Gasteiger partial charge in [0.1, 0.15) is 11.5 Å². The topological polar surface area (TPSA) is 97.7 Å². The molecule has 0 fully saturated rings. The molecule has 17 heavy (non-hydrogen) atoms. The number of rotatable bonds is 4. The minimum Gasteiger partial charge on any atom is -0.426 e. The molecule has 0 spiro atoms. The lowest BCUT2D eigenvalue weighted by Gasteiger charge is -2.03. The summed E-state index contributed by atoms with van der Waals surface area (Å²) in [6.45, 7) is 0. The van der Waals surface area contributed by atoms with Gasteiger partial charge in [-0.2, -0.15) is 0 Å². The SMILES string of the molecule is CS(=O)(=O)c1ccc(OC(=O)CS(=O)O)cc1. The number of esters is 1. The normalized spacial score (nSPS) is 13.1. The van der Waals surface area contributed by atoms with Gasteiger partial charge in [-0.05, 0) is 24.3 Å². The van der Waals surface area contributed by atoms with Gasteiger partial charge in [-0.3, -0.25) is 4.79 Å². The molecular weight excluding hydrogens is 268 g/mol. The smallest absolute Gasteiger partial charge is 0.326 e. The lowest BCUT2D eigenvalue weighted by Crippen LogP contribution is -2.16. The zero-order valence-electron chi connectivity index (χ0n) is 8.82. The van der Waals surface area contributed by atoms with Crippen LogP contribution in [0.4, 0.5) is 0 Å². The molecule has 0 saturated carbocycles. The fourth-order valence-electron chi connectivity index (χ4n) is 1.02. The summed E-state index contributed by atoms with van der Waals surface area (Å²) in [7, 11) is -3.30. The van der Waals surface area contributed by atoms with E-state index in [1.807, 2.05) is 0 Å². The highest BCUT2D eigenvalue weighted by Gasteiger charge is 2.10. The first kappa shape index (κ1) is 13.8. The Kier molecular flexibility index (Phi) is 4.38. The third kappa shape index (κ3) is 4.63. The van der Waals surface area contributed by atoms with Gasteiger partial charge in [0.15, 0.2) is 20.9 Å². The minimum atomic E-state index is -3.30. The molecule has 0 bridgehead atoms. The second-order valence-corrected chi connectivity index (χ2v) is 6.13. The van der Waals surface area contributed by atoms with Gasteiger partial charge < -0.3 is 9.29 Å². The first-order valence-corrected chi connectivity index (χ1v) is 7.54. The quantitative estimate of drug-likeness (QED) is 0.480. The highest BCUT2D eigenvalue weighted by Crippen LogP contribution is 2.15. The van der Waals surface area contributed by atoms with Crippen molar-refractivity contribution in [1.82, 2.24) is 0 Å². The molecule has 1 rings (SSSR count). The third-order valence-electron chi connectivity index (χ3n) is 1.72. The van der Waals surface area contributed by atoms with Crippen LogP contribution in [0.25, 0.3) is 0 Å². The van der Waals surface area contributed by atoms with E-state index in [0.717, 1.165) is 6.26 Å².